The Morgan fingerprint density at radius 2 is 1.37 bits per heavy atom. The summed E-state index contributed by atoms with van der Waals surface area (Å²) in [5.74, 6) is 0.461. The van der Waals surface area contributed by atoms with Crippen LogP contribution in [0.25, 0.3) is 0 Å². The lowest BCUT2D eigenvalue weighted by Gasteiger charge is -2.34. The van der Waals surface area contributed by atoms with Crippen LogP contribution in [0.4, 0.5) is 0 Å². The Hall–Kier alpha value is -0.530. The standard InChI is InChI=1S/C17H34O2/c1-6-9-14(4)12-17(11-8-3,16(18)19)13-15(5)10-7-2/h14-15H,6-13H2,1-5H3,(H,18,19). The van der Waals surface area contributed by atoms with E-state index in [1.807, 2.05) is 0 Å². The van der Waals surface area contributed by atoms with Crippen molar-refractivity contribution in [2.24, 2.45) is 17.3 Å². The van der Waals surface area contributed by atoms with Crippen LogP contribution < -0.4 is 0 Å². The molecule has 114 valence electrons. The number of aliphatic carboxylic acids is 1. The highest BCUT2D eigenvalue weighted by Crippen LogP contribution is 2.40. The molecule has 0 aliphatic heterocycles. The van der Waals surface area contributed by atoms with E-state index in [2.05, 4.69) is 34.6 Å². The summed E-state index contributed by atoms with van der Waals surface area (Å²) in [6.07, 6.45) is 8.05. The van der Waals surface area contributed by atoms with Crippen molar-refractivity contribution in [1.82, 2.24) is 0 Å². The van der Waals surface area contributed by atoms with E-state index >= 15 is 0 Å². The van der Waals surface area contributed by atoms with Crippen molar-refractivity contribution < 1.29 is 9.90 Å². The molecule has 0 aromatic carbocycles. The van der Waals surface area contributed by atoms with Gasteiger partial charge in [0.15, 0.2) is 0 Å². The van der Waals surface area contributed by atoms with E-state index in [0.29, 0.717) is 11.8 Å². The molecule has 2 atom stereocenters. The normalized spacial score (nSPS) is 17.7. The minimum Gasteiger partial charge on any atom is -0.481 e. The third-order valence-electron chi connectivity index (χ3n) is 4.22. The summed E-state index contributed by atoms with van der Waals surface area (Å²) in [4.78, 5) is 11.9. The van der Waals surface area contributed by atoms with Gasteiger partial charge in [0.1, 0.15) is 0 Å². The van der Waals surface area contributed by atoms with Crippen molar-refractivity contribution in [3.8, 4) is 0 Å². The second-order valence-electron chi connectivity index (χ2n) is 6.53. The maximum Gasteiger partial charge on any atom is 0.309 e. The summed E-state index contributed by atoms with van der Waals surface area (Å²) >= 11 is 0. The molecular weight excluding hydrogens is 236 g/mol. The molecule has 0 aromatic heterocycles. The number of carbonyl (C=O) groups is 1. The minimum atomic E-state index is -0.569. The Labute approximate surface area is 120 Å². The smallest absolute Gasteiger partial charge is 0.309 e. The summed E-state index contributed by atoms with van der Waals surface area (Å²) in [7, 11) is 0. The van der Waals surface area contributed by atoms with Crippen molar-refractivity contribution in [2.45, 2.75) is 86.0 Å². The van der Waals surface area contributed by atoms with Crippen LogP contribution in [0.3, 0.4) is 0 Å². The molecule has 0 saturated heterocycles. The molecule has 0 bridgehead atoms. The van der Waals surface area contributed by atoms with E-state index in [-0.39, 0.29) is 0 Å². The fraction of sp³-hybridized carbons (Fsp3) is 0.941. The molecule has 0 fully saturated rings. The van der Waals surface area contributed by atoms with E-state index in [0.717, 1.165) is 51.4 Å². The number of rotatable bonds is 11. The zero-order valence-electron chi connectivity index (χ0n) is 13.7. The third kappa shape index (κ3) is 6.44. The van der Waals surface area contributed by atoms with Crippen LogP contribution in [0.15, 0.2) is 0 Å². The highest BCUT2D eigenvalue weighted by atomic mass is 16.4. The molecule has 0 aliphatic carbocycles. The highest BCUT2D eigenvalue weighted by Gasteiger charge is 2.39. The van der Waals surface area contributed by atoms with Gasteiger partial charge in [0, 0.05) is 0 Å². The maximum atomic E-state index is 11.9. The topological polar surface area (TPSA) is 37.3 Å². The molecule has 0 heterocycles. The number of carboxylic acid groups (broad SMARTS) is 1. The Bertz CT molecular complexity index is 234. The lowest BCUT2D eigenvalue weighted by atomic mass is 9.69. The number of hydrogen-bond donors (Lipinski definition) is 1. The fourth-order valence-electron chi connectivity index (χ4n) is 3.57. The van der Waals surface area contributed by atoms with Crippen LogP contribution in [0, 0.1) is 17.3 Å². The van der Waals surface area contributed by atoms with Gasteiger partial charge in [0.2, 0.25) is 0 Å². The number of hydrogen-bond acceptors (Lipinski definition) is 1. The molecule has 19 heavy (non-hydrogen) atoms. The minimum absolute atomic E-state index is 0.488. The summed E-state index contributed by atoms with van der Waals surface area (Å²) in [5, 5.41) is 9.79. The van der Waals surface area contributed by atoms with Gasteiger partial charge in [-0.25, -0.2) is 0 Å². The molecule has 0 aromatic rings. The van der Waals surface area contributed by atoms with Crippen LogP contribution in [0.2, 0.25) is 0 Å². The molecule has 2 unspecified atom stereocenters. The second-order valence-corrected chi connectivity index (χ2v) is 6.53. The average molecular weight is 270 g/mol. The quantitative estimate of drug-likeness (QED) is 0.537. The van der Waals surface area contributed by atoms with E-state index < -0.39 is 11.4 Å². The lowest BCUT2D eigenvalue weighted by Crippen LogP contribution is -2.35. The highest BCUT2D eigenvalue weighted by molar-refractivity contribution is 5.74. The SMILES string of the molecule is CCCC(C)CC(CCC)(CC(C)CCC)C(=O)O. The first kappa shape index (κ1) is 18.5. The van der Waals surface area contributed by atoms with Crippen molar-refractivity contribution in [3.63, 3.8) is 0 Å². The van der Waals surface area contributed by atoms with Gasteiger partial charge >= 0.3 is 5.97 Å². The molecule has 1 N–H and O–H groups in total. The summed E-state index contributed by atoms with van der Waals surface area (Å²) in [6.45, 7) is 10.9. The van der Waals surface area contributed by atoms with Crippen LogP contribution in [0.1, 0.15) is 86.0 Å². The van der Waals surface area contributed by atoms with Crippen molar-refractivity contribution in [2.75, 3.05) is 0 Å². The molecular formula is C17H34O2. The van der Waals surface area contributed by atoms with Gasteiger partial charge in [-0.2, -0.15) is 0 Å². The largest absolute Gasteiger partial charge is 0.481 e. The first-order valence-corrected chi connectivity index (χ1v) is 8.15. The van der Waals surface area contributed by atoms with Gasteiger partial charge in [-0.1, -0.05) is 66.7 Å². The van der Waals surface area contributed by atoms with Crippen molar-refractivity contribution >= 4 is 5.97 Å². The Morgan fingerprint density at radius 3 is 1.63 bits per heavy atom. The first-order chi connectivity index (χ1) is 8.91. The first-order valence-electron chi connectivity index (χ1n) is 8.15. The van der Waals surface area contributed by atoms with E-state index in [4.69, 9.17) is 0 Å². The molecule has 2 heteroatoms. The van der Waals surface area contributed by atoms with Crippen molar-refractivity contribution in [3.05, 3.63) is 0 Å². The van der Waals surface area contributed by atoms with E-state index in [1.165, 1.54) is 0 Å². The van der Waals surface area contributed by atoms with Gasteiger partial charge in [-0.3, -0.25) is 4.79 Å². The second kappa shape index (κ2) is 9.39. The Morgan fingerprint density at radius 1 is 0.947 bits per heavy atom. The van der Waals surface area contributed by atoms with Crippen LogP contribution in [0.5, 0.6) is 0 Å². The monoisotopic (exact) mass is 270 g/mol. The van der Waals surface area contributed by atoms with E-state index in [1.54, 1.807) is 0 Å². The summed E-state index contributed by atoms with van der Waals surface area (Å²) in [5.41, 5.74) is -0.488. The lowest BCUT2D eigenvalue weighted by molar-refractivity contribution is -0.152. The Balaban J connectivity index is 4.90. The summed E-state index contributed by atoms with van der Waals surface area (Å²) in [6, 6.07) is 0. The maximum absolute atomic E-state index is 11.9. The van der Waals surface area contributed by atoms with Crippen LogP contribution >= 0.6 is 0 Å². The van der Waals surface area contributed by atoms with Gasteiger partial charge in [-0.05, 0) is 31.1 Å². The van der Waals surface area contributed by atoms with Gasteiger partial charge in [0.25, 0.3) is 0 Å². The van der Waals surface area contributed by atoms with Crippen LogP contribution in [-0.4, -0.2) is 11.1 Å². The van der Waals surface area contributed by atoms with Gasteiger partial charge in [0.05, 0.1) is 5.41 Å². The predicted octanol–water partition coefficient (Wildman–Crippen LogP) is 5.51. The third-order valence-corrected chi connectivity index (χ3v) is 4.22. The molecule has 0 spiro atoms. The zero-order chi connectivity index (χ0) is 14.9. The summed E-state index contributed by atoms with van der Waals surface area (Å²) < 4.78 is 0. The van der Waals surface area contributed by atoms with Crippen molar-refractivity contribution in [1.29, 1.82) is 0 Å². The fourth-order valence-corrected chi connectivity index (χ4v) is 3.57. The molecule has 0 rings (SSSR count). The molecule has 0 saturated carbocycles. The number of carboxylic acids is 1. The molecule has 0 radical (unpaired) electrons. The molecule has 0 aliphatic rings. The van der Waals surface area contributed by atoms with Gasteiger partial charge in [-0.15, -0.1) is 0 Å². The van der Waals surface area contributed by atoms with Crippen LogP contribution in [-0.2, 0) is 4.79 Å². The Kier molecular flexibility index (Phi) is 9.12. The van der Waals surface area contributed by atoms with Gasteiger partial charge < -0.3 is 5.11 Å². The molecule has 2 nitrogen and oxygen atoms in total. The zero-order valence-corrected chi connectivity index (χ0v) is 13.7. The predicted molar refractivity (Wildman–Crippen MR) is 82.4 cm³/mol. The average Bonchev–Trinajstić information content (AvgIpc) is 2.29. The van der Waals surface area contributed by atoms with E-state index in [9.17, 15) is 9.90 Å². The molecule has 0 amide bonds.